The Labute approximate surface area is 133 Å². The van der Waals surface area contributed by atoms with Gasteiger partial charge in [-0.1, -0.05) is 30.3 Å². The second kappa shape index (κ2) is 6.28. The Kier molecular flexibility index (Phi) is 5.23. The summed E-state index contributed by atoms with van der Waals surface area (Å²) in [5.41, 5.74) is 1.86. The minimum Gasteiger partial charge on any atom is -0.549 e. The number of allylic oxidation sites excluding steroid dienone is 2. The summed E-state index contributed by atoms with van der Waals surface area (Å²) in [4.78, 5) is 27.4. The number of Topliss-reactive ketones (excluding diaryl/α,β-unsaturated/α-hetero) is 1. The summed E-state index contributed by atoms with van der Waals surface area (Å²) in [5.74, 6) is -3.13. The molecule has 0 amide bonds. The van der Waals surface area contributed by atoms with Crippen LogP contribution >= 0.6 is 0 Å². The van der Waals surface area contributed by atoms with Gasteiger partial charge in [0.1, 0.15) is 0 Å². The van der Waals surface area contributed by atoms with Crippen molar-refractivity contribution in [3.8, 4) is 0 Å². The number of nitrogens with zero attached hydrogens (tertiary/aromatic N) is 1. The minimum absolute atomic E-state index is 0. The monoisotopic (exact) mass is 265 g/mol. The molecule has 0 N–H and O–H groups in total. The third-order valence-electron chi connectivity index (χ3n) is 2.93. The number of rotatable bonds is 2. The number of aliphatic carboxylic acids is 1. The number of carbonyl (C=O) groups excluding carboxylic acids is 2. The fourth-order valence-electron chi connectivity index (χ4n) is 2.13. The summed E-state index contributed by atoms with van der Waals surface area (Å²) in [6.45, 7) is 3.23. The van der Waals surface area contributed by atoms with E-state index in [9.17, 15) is 14.7 Å². The Balaban J connectivity index is 0.00000180. The molecule has 19 heavy (non-hydrogen) atoms. The number of carbonyl (C=O) groups is 2. The first-order valence-corrected chi connectivity index (χ1v) is 5.59. The normalized spacial score (nSPS) is 18.7. The second-order valence-corrected chi connectivity index (χ2v) is 4.20. The van der Waals surface area contributed by atoms with Crippen LogP contribution in [-0.4, -0.2) is 17.5 Å². The summed E-state index contributed by atoms with van der Waals surface area (Å²) in [5, 5.41) is 11.0. The maximum atomic E-state index is 12.2. The zero-order valence-corrected chi connectivity index (χ0v) is 13.1. The van der Waals surface area contributed by atoms with Gasteiger partial charge in [0, 0.05) is 17.0 Å². The molecule has 1 aliphatic heterocycles. The van der Waals surface area contributed by atoms with Gasteiger partial charge >= 0.3 is 29.6 Å². The topological polar surface area (TPSA) is 69.6 Å². The van der Waals surface area contributed by atoms with E-state index < -0.39 is 17.7 Å². The summed E-state index contributed by atoms with van der Waals surface area (Å²) in [6, 6.07) is 8.94. The molecule has 0 bridgehead atoms. The molecular weight excluding hydrogens is 253 g/mol. The maximum absolute atomic E-state index is 12.2. The average molecular weight is 265 g/mol. The van der Waals surface area contributed by atoms with Crippen molar-refractivity contribution in [1.29, 1.82) is 0 Å². The third-order valence-corrected chi connectivity index (χ3v) is 2.93. The molecule has 1 aromatic rings. The van der Waals surface area contributed by atoms with E-state index >= 15 is 0 Å². The van der Waals surface area contributed by atoms with Crippen LogP contribution in [0.2, 0.25) is 0 Å². The number of benzene rings is 1. The number of ketones is 1. The van der Waals surface area contributed by atoms with E-state index in [1.807, 2.05) is 6.07 Å². The summed E-state index contributed by atoms with van der Waals surface area (Å²) >= 11 is 0. The molecule has 2 rings (SSSR count). The van der Waals surface area contributed by atoms with Crippen molar-refractivity contribution in [2.75, 3.05) is 0 Å². The molecule has 1 aromatic carbocycles. The van der Waals surface area contributed by atoms with E-state index in [0.717, 1.165) is 0 Å². The van der Waals surface area contributed by atoms with Crippen molar-refractivity contribution in [3.05, 3.63) is 41.6 Å². The molecule has 1 atom stereocenters. The molecule has 0 radical (unpaired) electrons. The van der Waals surface area contributed by atoms with Crippen LogP contribution in [0.4, 0.5) is 0 Å². The molecule has 0 fully saturated rings. The van der Waals surface area contributed by atoms with Gasteiger partial charge in [-0.2, -0.15) is 0 Å². The van der Waals surface area contributed by atoms with Gasteiger partial charge in [0.25, 0.3) is 0 Å². The number of aliphatic imine (C=N–C) groups is 1. The molecule has 0 saturated heterocycles. The van der Waals surface area contributed by atoms with Gasteiger partial charge in [-0.05, 0) is 19.4 Å². The predicted octanol–water partition coefficient (Wildman–Crippen LogP) is -2.17. The molecule has 1 unspecified atom stereocenters. The van der Waals surface area contributed by atoms with Crippen molar-refractivity contribution in [1.82, 2.24) is 0 Å². The molecule has 0 spiro atoms. The Morgan fingerprint density at radius 3 is 2.32 bits per heavy atom. The molecule has 0 saturated carbocycles. The van der Waals surface area contributed by atoms with Crippen molar-refractivity contribution in [2.45, 2.75) is 13.8 Å². The van der Waals surface area contributed by atoms with E-state index in [1.165, 1.54) is 6.92 Å². The quantitative estimate of drug-likeness (QED) is 0.451. The zero-order valence-electron chi connectivity index (χ0n) is 11.1. The number of hydrogen-bond acceptors (Lipinski definition) is 4. The van der Waals surface area contributed by atoms with E-state index in [2.05, 4.69) is 4.99 Å². The SMILES string of the molecule is CC1=NC(C)=C(c2ccccc2)C(=O)C1C(=O)[O-].[Na+]. The van der Waals surface area contributed by atoms with Gasteiger partial charge in [0.05, 0.1) is 11.9 Å². The second-order valence-electron chi connectivity index (χ2n) is 4.20. The van der Waals surface area contributed by atoms with Crippen LogP contribution in [0.5, 0.6) is 0 Å². The first-order valence-electron chi connectivity index (χ1n) is 5.59. The molecule has 5 heteroatoms. The number of carboxylic acid groups (broad SMARTS) is 1. The average Bonchev–Trinajstić information content (AvgIpc) is 2.28. The standard InChI is InChI=1S/C14H13NO3.Na/c1-8-11(10-6-4-3-5-7-10)13(16)12(14(17)18)9(2)15-8;/h3-7,12H,1-2H3,(H,17,18);/q;+1/p-1. The van der Waals surface area contributed by atoms with Crippen LogP contribution in [0.15, 0.2) is 41.0 Å². The molecule has 4 nitrogen and oxygen atoms in total. The van der Waals surface area contributed by atoms with Crippen LogP contribution in [0, 0.1) is 5.92 Å². The van der Waals surface area contributed by atoms with Crippen LogP contribution in [-0.2, 0) is 9.59 Å². The van der Waals surface area contributed by atoms with Crippen molar-refractivity contribution < 1.29 is 44.3 Å². The van der Waals surface area contributed by atoms with Gasteiger partial charge in [0.15, 0.2) is 5.78 Å². The Hall–Kier alpha value is -1.23. The minimum atomic E-state index is -1.40. The molecule has 1 heterocycles. The first kappa shape index (κ1) is 15.8. The molecule has 92 valence electrons. The van der Waals surface area contributed by atoms with Gasteiger partial charge in [-0.15, -0.1) is 0 Å². The summed E-state index contributed by atoms with van der Waals surface area (Å²) in [7, 11) is 0. The maximum Gasteiger partial charge on any atom is 1.00 e. The van der Waals surface area contributed by atoms with E-state index in [4.69, 9.17) is 0 Å². The van der Waals surface area contributed by atoms with Gasteiger partial charge in [-0.3, -0.25) is 9.79 Å². The van der Waals surface area contributed by atoms with Crippen molar-refractivity contribution in [3.63, 3.8) is 0 Å². The Morgan fingerprint density at radius 2 is 1.79 bits per heavy atom. The van der Waals surface area contributed by atoms with Crippen LogP contribution in [0.3, 0.4) is 0 Å². The molecule has 0 aromatic heterocycles. The molecular formula is C14H12NNaO3. The van der Waals surface area contributed by atoms with Gasteiger partial charge in [-0.25, -0.2) is 0 Å². The Morgan fingerprint density at radius 1 is 1.21 bits per heavy atom. The number of carboxylic acids is 1. The van der Waals surface area contributed by atoms with E-state index in [-0.39, 0.29) is 35.3 Å². The number of hydrogen-bond donors (Lipinski definition) is 0. The van der Waals surface area contributed by atoms with E-state index in [0.29, 0.717) is 16.8 Å². The van der Waals surface area contributed by atoms with Crippen LogP contribution in [0.1, 0.15) is 19.4 Å². The Bertz CT molecular complexity index is 576. The third kappa shape index (κ3) is 3.03. The smallest absolute Gasteiger partial charge is 0.549 e. The van der Waals surface area contributed by atoms with E-state index in [1.54, 1.807) is 31.2 Å². The van der Waals surface area contributed by atoms with Crippen molar-refractivity contribution in [2.24, 2.45) is 10.9 Å². The largest absolute Gasteiger partial charge is 1.00 e. The fraction of sp³-hybridized carbons (Fsp3) is 0.214. The molecule has 1 aliphatic rings. The zero-order chi connectivity index (χ0) is 13.3. The summed E-state index contributed by atoms with van der Waals surface area (Å²) in [6.07, 6.45) is 0. The van der Waals surface area contributed by atoms with Gasteiger partial charge in [0.2, 0.25) is 0 Å². The van der Waals surface area contributed by atoms with Crippen molar-refractivity contribution >= 4 is 23.0 Å². The fourth-order valence-corrected chi connectivity index (χ4v) is 2.13. The van der Waals surface area contributed by atoms with Gasteiger partial charge < -0.3 is 9.90 Å². The van der Waals surface area contributed by atoms with Crippen LogP contribution < -0.4 is 34.7 Å². The molecule has 0 aliphatic carbocycles. The first-order chi connectivity index (χ1) is 8.52. The van der Waals surface area contributed by atoms with Crippen LogP contribution in [0.25, 0.3) is 5.57 Å². The predicted molar refractivity (Wildman–Crippen MR) is 65.6 cm³/mol. The summed E-state index contributed by atoms with van der Waals surface area (Å²) < 4.78 is 0.